The first-order valence-corrected chi connectivity index (χ1v) is 7.69. The van der Waals surface area contributed by atoms with Crippen LogP contribution in [0, 0.1) is 0 Å². The zero-order chi connectivity index (χ0) is 16.1. The van der Waals surface area contributed by atoms with Gasteiger partial charge in [0.1, 0.15) is 5.75 Å². The van der Waals surface area contributed by atoms with Gasteiger partial charge >= 0.3 is 0 Å². The number of nitrogens with one attached hydrogen (secondary N) is 1. The number of halogens is 2. The molecule has 0 spiro atoms. The third kappa shape index (κ3) is 4.65. The highest BCUT2D eigenvalue weighted by molar-refractivity contribution is 6.35. The molecule has 0 fully saturated rings. The molecule has 0 saturated heterocycles. The van der Waals surface area contributed by atoms with Crippen molar-refractivity contribution in [2.24, 2.45) is 0 Å². The lowest BCUT2D eigenvalue weighted by Crippen LogP contribution is -2.20. The standard InChI is InChI=1S/C17H17Cl2NO2/c1-11(2)12-3-6-14(7-4-12)20-17(21)10-22-16-8-5-13(18)9-15(16)19/h3-9,11H,10H2,1-2H3,(H,20,21). The van der Waals surface area contributed by atoms with Gasteiger partial charge < -0.3 is 10.1 Å². The molecule has 1 amide bonds. The summed E-state index contributed by atoms with van der Waals surface area (Å²) in [5, 5.41) is 3.67. The molecule has 5 heteroatoms. The van der Waals surface area contributed by atoms with Crippen molar-refractivity contribution in [2.75, 3.05) is 11.9 Å². The largest absolute Gasteiger partial charge is 0.482 e. The van der Waals surface area contributed by atoms with Crippen molar-refractivity contribution in [3.05, 3.63) is 58.1 Å². The van der Waals surface area contributed by atoms with Gasteiger partial charge in [-0.25, -0.2) is 0 Å². The first-order chi connectivity index (χ1) is 10.5. The third-order valence-electron chi connectivity index (χ3n) is 3.11. The van der Waals surface area contributed by atoms with Gasteiger partial charge in [0.05, 0.1) is 5.02 Å². The molecule has 0 aliphatic carbocycles. The number of rotatable bonds is 5. The lowest BCUT2D eigenvalue weighted by Gasteiger charge is -2.10. The van der Waals surface area contributed by atoms with E-state index in [4.69, 9.17) is 27.9 Å². The summed E-state index contributed by atoms with van der Waals surface area (Å²) in [6, 6.07) is 12.6. The summed E-state index contributed by atoms with van der Waals surface area (Å²) < 4.78 is 5.39. The van der Waals surface area contributed by atoms with Crippen LogP contribution in [-0.2, 0) is 4.79 Å². The lowest BCUT2D eigenvalue weighted by molar-refractivity contribution is -0.118. The number of carbonyl (C=O) groups is 1. The number of benzene rings is 2. The van der Waals surface area contributed by atoms with Crippen LogP contribution in [-0.4, -0.2) is 12.5 Å². The van der Waals surface area contributed by atoms with Gasteiger partial charge in [0.2, 0.25) is 0 Å². The van der Waals surface area contributed by atoms with Gasteiger partial charge in [-0.2, -0.15) is 0 Å². The van der Waals surface area contributed by atoms with E-state index in [-0.39, 0.29) is 12.5 Å². The van der Waals surface area contributed by atoms with Crippen molar-refractivity contribution in [1.82, 2.24) is 0 Å². The Bertz CT molecular complexity index is 654. The zero-order valence-corrected chi connectivity index (χ0v) is 13.9. The van der Waals surface area contributed by atoms with Crippen LogP contribution in [0.4, 0.5) is 5.69 Å². The number of ether oxygens (including phenoxy) is 1. The van der Waals surface area contributed by atoms with E-state index in [1.807, 2.05) is 24.3 Å². The van der Waals surface area contributed by atoms with Crippen molar-refractivity contribution in [3.8, 4) is 5.75 Å². The van der Waals surface area contributed by atoms with Gasteiger partial charge in [-0.05, 0) is 41.8 Å². The van der Waals surface area contributed by atoms with E-state index in [1.165, 1.54) is 5.56 Å². The maximum absolute atomic E-state index is 11.9. The zero-order valence-electron chi connectivity index (χ0n) is 12.4. The fourth-order valence-corrected chi connectivity index (χ4v) is 2.35. The Labute approximate surface area is 140 Å². The van der Waals surface area contributed by atoms with Gasteiger partial charge in [-0.3, -0.25) is 4.79 Å². The number of hydrogen-bond donors (Lipinski definition) is 1. The normalized spacial score (nSPS) is 10.6. The highest BCUT2D eigenvalue weighted by Crippen LogP contribution is 2.27. The van der Waals surface area contributed by atoms with Gasteiger partial charge in [-0.1, -0.05) is 49.2 Å². The Kier molecular flexibility index (Phi) is 5.69. The molecule has 2 rings (SSSR count). The van der Waals surface area contributed by atoms with Gasteiger partial charge in [0.15, 0.2) is 6.61 Å². The van der Waals surface area contributed by atoms with Crippen molar-refractivity contribution in [3.63, 3.8) is 0 Å². The lowest BCUT2D eigenvalue weighted by atomic mass is 10.0. The first kappa shape index (κ1) is 16.7. The average molecular weight is 338 g/mol. The van der Waals surface area contributed by atoms with Crippen LogP contribution >= 0.6 is 23.2 Å². The van der Waals surface area contributed by atoms with Crippen LogP contribution in [0.15, 0.2) is 42.5 Å². The summed E-state index contributed by atoms with van der Waals surface area (Å²) in [6.07, 6.45) is 0. The molecule has 0 bridgehead atoms. The minimum Gasteiger partial charge on any atom is -0.482 e. The monoisotopic (exact) mass is 337 g/mol. The average Bonchev–Trinajstić information content (AvgIpc) is 2.47. The Morgan fingerprint density at radius 3 is 2.41 bits per heavy atom. The topological polar surface area (TPSA) is 38.3 Å². The fourth-order valence-electron chi connectivity index (χ4n) is 1.88. The molecule has 1 N–H and O–H groups in total. The van der Waals surface area contributed by atoms with Crippen LogP contribution in [0.3, 0.4) is 0 Å². The maximum Gasteiger partial charge on any atom is 0.262 e. The Morgan fingerprint density at radius 1 is 1.14 bits per heavy atom. The molecular weight excluding hydrogens is 321 g/mol. The van der Waals surface area contributed by atoms with Crippen molar-refractivity contribution < 1.29 is 9.53 Å². The van der Waals surface area contributed by atoms with E-state index in [9.17, 15) is 4.79 Å². The van der Waals surface area contributed by atoms with Crippen LogP contribution in [0.5, 0.6) is 5.75 Å². The molecule has 0 atom stereocenters. The molecule has 2 aromatic carbocycles. The summed E-state index contributed by atoms with van der Waals surface area (Å²) in [5.41, 5.74) is 1.96. The molecule has 0 unspecified atom stereocenters. The Morgan fingerprint density at radius 2 is 1.82 bits per heavy atom. The van der Waals surface area contributed by atoms with Crippen LogP contribution < -0.4 is 10.1 Å². The highest BCUT2D eigenvalue weighted by atomic mass is 35.5. The molecule has 0 aliphatic rings. The molecule has 22 heavy (non-hydrogen) atoms. The second-order valence-corrected chi connectivity index (χ2v) is 6.03. The van der Waals surface area contributed by atoms with Gasteiger partial charge in [-0.15, -0.1) is 0 Å². The maximum atomic E-state index is 11.9. The summed E-state index contributed by atoms with van der Waals surface area (Å²) in [7, 11) is 0. The van der Waals surface area contributed by atoms with Gasteiger partial charge in [0, 0.05) is 10.7 Å². The SMILES string of the molecule is CC(C)c1ccc(NC(=O)COc2ccc(Cl)cc2Cl)cc1. The predicted molar refractivity (Wildman–Crippen MR) is 91.1 cm³/mol. The van der Waals surface area contributed by atoms with Crippen LogP contribution in [0.2, 0.25) is 10.0 Å². The molecule has 0 radical (unpaired) electrons. The van der Waals surface area contributed by atoms with Crippen LogP contribution in [0.1, 0.15) is 25.3 Å². The molecule has 2 aromatic rings. The van der Waals surface area contributed by atoms with Crippen molar-refractivity contribution in [2.45, 2.75) is 19.8 Å². The smallest absolute Gasteiger partial charge is 0.262 e. The first-order valence-electron chi connectivity index (χ1n) is 6.93. The molecule has 0 saturated carbocycles. The number of amides is 1. The minimum atomic E-state index is -0.247. The van der Waals surface area contributed by atoms with E-state index in [0.29, 0.717) is 21.7 Å². The second kappa shape index (κ2) is 7.52. The Hall–Kier alpha value is -1.71. The predicted octanol–water partition coefficient (Wildman–Crippen LogP) is 5.13. The molecule has 0 aromatic heterocycles. The van der Waals surface area contributed by atoms with E-state index in [1.54, 1.807) is 18.2 Å². The van der Waals surface area contributed by atoms with E-state index in [2.05, 4.69) is 19.2 Å². The highest BCUT2D eigenvalue weighted by Gasteiger charge is 2.07. The molecule has 0 aliphatic heterocycles. The second-order valence-electron chi connectivity index (χ2n) is 5.19. The van der Waals surface area contributed by atoms with Gasteiger partial charge in [0.25, 0.3) is 5.91 Å². The molecular formula is C17H17Cl2NO2. The third-order valence-corrected chi connectivity index (χ3v) is 3.64. The number of anilines is 1. The Balaban J connectivity index is 1.90. The quantitative estimate of drug-likeness (QED) is 0.820. The molecule has 0 heterocycles. The van der Waals surface area contributed by atoms with Crippen LogP contribution in [0.25, 0.3) is 0 Å². The minimum absolute atomic E-state index is 0.118. The summed E-state index contributed by atoms with van der Waals surface area (Å²) in [6.45, 7) is 4.13. The van der Waals surface area contributed by atoms with E-state index >= 15 is 0 Å². The summed E-state index contributed by atoms with van der Waals surface area (Å²) in [5.74, 6) is 0.639. The molecule has 116 valence electrons. The number of hydrogen-bond acceptors (Lipinski definition) is 2. The fraction of sp³-hybridized carbons (Fsp3) is 0.235. The molecule has 3 nitrogen and oxygen atoms in total. The van der Waals surface area contributed by atoms with E-state index in [0.717, 1.165) is 5.69 Å². The van der Waals surface area contributed by atoms with Crippen molar-refractivity contribution in [1.29, 1.82) is 0 Å². The van der Waals surface area contributed by atoms with Crippen molar-refractivity contribution >= 4 is 34.8 Å². The summed E-state index contributed by atoms with van der Waals surface area (Å²) in [4.78, 5) is 11.9. The number of carbonyl (C=O) groups excluding carboxylic acids is 1. The summed E-state index contributed by atoms with van der Waals surface area (Å²) >= 11 is 11.8. The van der Waals surface area contributed by atoms with E-state index < -0.39 is 0 Å².